The number of rotatable bonds is 13. The topological polar surface area (TPSA) is 199 Å². The van der Waals surface area contributed by atoms with E-state index < -0.39 is 57.5 Å². The lowest BCUT2D eigenvalue weighted by Crippen LogP contribution is -2.47. The Bertz CT molecular complexity index is 1760. The molecule has 0 fully saturated rings. The van der Waals surface area contributed by atoms with Crippen LogP contribution in [0.1, 0.15) is 142 Å². The van der Waals surface area contributed by atoms with Crippen molar-refractivity contribution in [3.8, 4) is 0 Å². The summed E-state index contributed by atoms with van der Waals surface area (Å²) < 4.78 is 46.2. The minimum atomic E-state index is -4.35. The van der Waals surface area contributed by atoms with Gasteiger partial charge in [0.25, 0.3) is 6.47 Å². The highest BCUT2D eigenvalue weighted by molar-refractivity contribution is 7.89. The van der Waals surface area contributed by atoms with Crippen molar-refractivity contribution in [1.29, 1.82) is 0 Å². The maximum absolute atomic E-state index is 14.0. The summed E-state index contributed by atoms with van der Waals surface area (Å²) in [7, 11) is -4.35. The number of aliphatic carboxylic acids is 1. The number of ether oxygens (including phenoxy) is 3. The predicted octanol–water partition coefficient (Wildman–Crippen LogP) is 7.30. The predicted molar refractivity (Wildman–Crippen MR) is 202 cm³/mol. The average Bonchev–Trinajstić information content (AvgIpc) is 2.97. The summed E-state index contributed by atoms with van der Waals surface area (Å²) in [6.45, 7) is 23.5. The number of sulfonamides is 1. The second-order valence-electron chi connectivity index (χ2n) is 15.6. The molecule has 4 N–H and O–H groups in total. The smallest absolute Gasteiger partial charge is 0.414 e. The van der Waals surface area contributed by atoms with Crippen molar-refractivity contribution in [3.05, 3.63) is 58.1 Å². The van der Waals surface area contributed by atoms with Gasteiger partial charge in [0.2, 0.25) is 16.0 Å². The standard InChI is InChI=1S/C38H56N4O10S/c1-21(2)26-16-17-30(32(23(5)6)31(26)22(3)4)53(48,49)42-29(33(44)45)19-25-14-15-27(24(7)50-20-43)28(18-25)39-34(40-35(46)51-37(8,9)10)41-36(47)52-38(11,12)13/h14-18,20-24,29,42H,19H2,1-13H3,(H,44,45)(H2,39,40,41,46,47)/t24?,29-/m0/s1. The van der Waals surface area contributed by atoms with Gasteiger partial charge in [-0.3, -0.25) is 20.2 Å². The number of guanidine groups is 1. The van der Waals surface area contributed by atoms with Gasteiger partial charge in [-0.15, -0.1) is 0 Å². The number of hydrogen-bond acceptors (Lipinski definition) is 10. The first-order valence-corrected chi connectivity index (χ1v) is 19.0. The third kappa shape index (κ3) is 13.5. The van der Waals surface area contributed by atoms with Crippen LogP contribution in [0.4, 0.5) is 15.3 Å². The van der Waals surface area contributed by atoms with E-state index in [2.05, 4.69) is 20.3 Å². The molecular formula is C38H56N4O10S. The van der Waals surface area contributed by atoms with Gasteiger partial charge in [0.05, 0.1) is 10.6 Å². The number of hydrogen-bond donors (Lipinski definition) is 4. The highest BCUT2D eigenvalue weighted by Crippen LogP contribution is 2.37. The molecule has 53 heavy (non-hydrogen) atoms. The number of carbonyl (C=O) groups is 4. The average molecular weight is 761 g/mol. The largest absolute Gasteiger partial charge is 0.480 e. The molecule has 0 heterocycles. The lowest BCUT2D eigenvalue weighted by molar-refractivity contribution is -0.139. The van der Waals surface area contributed by atoms with Crippen molar-refractivity contribution in [2.75, 3.05) is 0 Å². The number of nitrogens with one attached hydrogen (secondary N) is 3. The van der Waals surface area contributed by atoms with Gasteiger partial charge in [-0.1, -0.05) is 59.7 Å². The summed E-state index contributed by atoms with van der Waals surface area (Å²) in [5.74, 6) is -1.86. The van der Waals surface area contributed by atoms with Crippen molar-refractivity contribution in [2.24, 2.45) is 4.99 Å². The Labute approximate surface area is 313 Å². The Hall–Kier alpha value is -4.50. The van der Waals surface area contributed by atoms with E-state index in [9.17, 15) is 32.7 Å². The zero-order chi connectivity index (χ0) is 40.6. The first-order chi connectivity index (χ1) is 24.3. The molecule has 294 valence electrons. The van der Waals surface area contributed by atoms with Crippen LogP contribution in [0.15, 0.2) is 40.2 Å². The molecule has 14 nitrogen and oxygen atoms in total. The number of nitrogens with zero attached hydrogens (tertiary/aromatic N) is 1. The van der Waals surface area contributed by atoms with Crippen molar-refractivity contribution in [3.63, 3.8) is 0 Å². The third-order valence-corrected chi connectivity index (χ3v) is 9.18. The first kappa shape index (κ1) is 44.7. The highest BCUT2D eigenvalue weighted by Gasteiger charge is 2.31. The van der Waals surface area contributed by atoms with E-state index in [0.717, 1.165) is 11.1 Å². The Kier molecular flexibility index (Phi) is 15.2. The molecule has 2 aromatic rings. The van der Waals surface area contributed by atoms with Crippen LogP contribution in [-0.4, -0.2) is 61.4 Å². The van der Waals surface area contributed by atoms with Gasteiger partial charge in [0, 0.05) is 5.56 Å². The van der Waals surface area contributed by atoms with Crippen molar-refractivity contribution in [2.45, 2.75) is 142 Å². The fourth-order valence-electron chi connectivity index (χ4n) is 5.60. The molecule has 0 aliphatic heterocycles. The molecule has 0 bridgehead atoms. The van der Waals surface area contributed by atoms with Crippen LogP contribution in [0.2, 0.25) is 0 Å². The maximum atomic E-state index is 14.0. The van der Waals surface area contributed by atoms with E-state index in [1.807, 2.05) is 41.5 Å². The van der Waals surface area contributed by atoms with Gasteiger partial charge in [0.1, 0.15) is 23.3 Å². The number of carboxylic acid groups (broad SMARTS) is 1. The zero-order valence-corrected chi connectivity index (χ0v) is 33.9. The van der Waals surface area contributed by atoms with Gasteiger partial charge < -0.3 is 19.3 Å². The number of alkyl carbamates (subject to hydrolysis) is 2. The summed E-state index contributed by atoms with van der Waals surface area (Å²) in [4.78, 5) is 53.8. The van der Waals surface area contributed by atoms with E-state index >= 15 is 0 Å². The number of carbonyl (C=O) groups excluding carboxylic acids is 3. The Balaban J connectivity index is 2.69. The molecule has 0 radical (unpaired) electrons. The Morgan fingerprint density at radius 2 is 1.30 bits per heavy atom. The van der Waals surface area contributed by atoms with Crippen LogP contribution in [0.3, 0.4) is 0 Å². The van der Waals surface area contributed by atoms with Gasteiger partial charge in [0.15, 0.2) is 0 Å². The quantitative estimate of drug-likeness (QED) is 0.0695. The SMILES string of the molecule is CC(C)c1ccc(S(=O)(=O)N[C@@H](Cc2ccc(C(C)OC=O)c(N=C(NC(=O)OC(C)(C)C)NC(=O)OC(C)(C)C)c2)C(=O)O)c(C(C)C)c1C(C)C. The van der Waals surface area contributed by atoms with Crippen LogP contribution in [0.5, 0.6) is 0 Å². The van der Waals surface area contributed by atoms with Crippen LogP contribution in [-0.2, 0) is 40.2 Å². The monoisotopic (exact) mass is 760 g/mol. The maximum Gasteiger partial charge on any atom is 0.414 e. The fraction of sp³-hybridized carbons (Fsp3) is 0.553. The van der Waals surface area contributed by atoms with Crippen LogP contribution >= 0.6 is 0 Å². The molecule has 2 atom stereocenters. The summed E-state index contributed by atoms with van der Waals surface area (Å²) in [5.41, 5.74) is 1.47. The van der Waals surface area contributed by atoms with Crippen LogP contribution in [0, 0.1) is 0 Å². The van der Waals surface area contributed by atoms with Crippen LogP contribution in [0.25, 0.3) is 0 Å². The molecular weight excluding hydrogens is 705 g/mol. The van der Waals surface area contributed by atoms with Gasteiger partial charge in [-0.25, -0.2) is 23.0 Å². The molecule has 1 unspecified atom stereocenters. The van der Waals surface area contributed by atoms with Crippen molar-refractivity contribution < 1.29 is 46.9 Å². The molecule has 0 spiro atoms. The zero-order valence-electron chi connectivity index (χ0n) is 33.0. The van der Waals surface area contributed by atoms with Gasteiger partial charge in [-0.05, 0) is 107 Å². The molecule has 0 aromatic heterocycles. The molecule has 0 saturated carbocycles. The molecule has 0 aliphatic rings. The lowest BCUT2D eigenvalue weighted by Gasteiger charge is -2.26. The van der Waals surface area contributed by atoms with Crippen LogP contribution < -0.4 is 15.4 Å². The number of aliphatic imine (C=N–C) groups is 1. The number of carboxylic acids is 1. The summed E-state index contributed by atoms with van der Waals surface area (Å²) >= 11 is 0. The van der Waals surface area contributed by atoms with E-state index in [0.29, 0.717) is 16.7 Å². The molecule has 0 aliphatic carbocycles. The van der Waals surface area contributed by atoms with E-state index in [1.54, 1.807) is 60.6 Å². The number of benzene rings is 2. The van der Waals surface area contributed by atoms with E-state index in [-0.39, 0.29) is 41.2 Å². The lowest BCUT2D eigenvalue weighted by atomic mass is 9.83. The second kappa shape index (κ2) is 18.0. The third-order valence-electron chi connectivity index (χ3n) is 7.65. The van der Waals surface area contributed by atoms with Crippen molar-refractivity contribution in [1.82, 2.24) is 15.4 Å². The molecule has 2 rings (SSSR count). The summed E-state index contributed by atoms with van der Waals surface area (Å²) in [6.07, 6.45) is -3.11. The normalized spacial score (nSPS) is 13.3. The van der Waals surface area contributed by atoms with E-state index in [1.165, 1.54) is 18.2 Å². The van der Waals surface area contributed by atoms with Gasteiger partial charge >= 0.3 is 18.2 Å². The molecule has 2 aromatic carbocycles. The Morgan fingerprint density at radius 1 is 0.792 bits per heavy atom. The minimum Gasteiger partial charge on any atom is -0.480 e. The molecule has 15 heteroatoms. The van der Waals surface area contributed by atoms with E-state index in [4.69, 9.17) is 14.2 Å². The highest BCUT2D eigenvalue weighted by atomic mass is 32.2. The minimum absolute atomic E-state index is 0.0119. The first-order valence-electron chi connectivity index (χ1n) is 17.5. The van der Waals surface area contributed by atoms with Gasteiger partial charge in [-0.2, -0.15) is 4.72 Å². The summed E-state index contributed by atoms with van der Waals surface area (Å²) in [5, 5.41) is 15.0. The number of amides is 2. The Morgan fingerprint density at radius 3 is 1.74 bits per heavy atom. The fourth-order valence-corrected chi connectivity index (χ4v) is 7.17. The summed E-state index contributed by atoms with van der Waals surface area (Å²) in [6, 6.07) is 6.20. The van der Waals surface area contributed by atoms with Crippen molar-refractivity contribution >= 4 is 46.3 Å². The molecule has 0 saturated heterocycles. The second-order valence-corrected chi connectivity index (χ2v) is 17.3. The molecule has 2 amide bonds.